The number of benzene rings is 2. The van der Waals surface area contributed by atoms with Gasteiger partial charge in [0.15, 0.2) is 4.87 Å². The van der Waals surface area contributed by atoms with E-state index in [9.17, 15) is 18.3 Å². The number of hydrogen-bond acceptors (Lipinski definition) is 7. The summed E-state index contributed by atoms with van der Waals surface area (Å²) < 4.78 is 31.2. The first-order valence-electron chi connectivity index (χ1n) is 9.98. The number of rotatable bonds is 11. The van der Waals surface area contributed by atoms with E-state index in [0.717, 1.165) is 22.5 Å². The molecular formula is C21H28ClN3O5S2. The van der Waals surface area contributed by atoms with Gasteiger partial charge in [-0.1, -0.05) is 54.7 Å². The molecule has 3 rings (SSSR count). The molecule has 176 valence electrons. The van der Waals surface area contributed by atoms with E-state index in [2.05, 4.69) is 10.3 Å². The van der Waals surface area contributed by atoms with Crippen molar-refractivity contribution in [3.05, 3.63) is 63.3 Å². The van der Waals surface area contributed by atoms with Gasteiger partial charge in [-0.15, -0.1) is 12.4 Å². The summed E-state index contributed by atoms with van der Waals surface area (Å²) in [5.74, 6) is 0.00400. The molecule has 11 heteroatoms. The lowest BCUT2D eigenvalue weighted by Crippen LogP contribution is -2.58. The normalized spacial score (nSPS) is 13.6. The number of phenolic OH excluding ortho intramolecular Hbond substituents is 1. The van der Waals surface area contributed by atoms with Crippen molar-refractivity contribution in [2.75, 3.05) is 19.8 Å². The van der Waals surface area contributed by atoms with Gasteiger partial charge in [-0.25, -0.2) is 13.6 Å². The molecule has 0 fully saturated rings. The number of aromatic amines is 1. The van der Waals surface area contributed by atoms with Crippen molar-refractivity contribution in [2.45, 2.75) is 31.1 Å². The van der Waals surface area contributed by atoms with Crippen LogP contribution in [-0.4, -0.2) is 43.1 Å². The molecule has 0 amide bonds. The Kier molecular flexibility index (Phi) is 9.26. The summed E-state index contributed by atoms with van der Waals surface area (Å²) in [4.78, 5) is 12.6. The molecular weight excluding hydrogens is 474 g/mol. The Morgan fingerprint density at radius 3 is 2.56 bits per heavy atom. The zero-order chi connectivity index (χ0) is 22.5. The van der Waals surface area contributed by atoms with E-state index in [1.807, 2.05) is 30.3 Å². The molecule has 0 aliphatic rings. The predicted molar refractivity (Wildman–Crippen MR) is 130 cm³/mol. The Balaban J connectivity index is 0.00000363. The van der Waals surface area contributed by atoms with Crippen LogP contribution in [0.3, 0.4) is 0 Å². The third-order valence-electron chi connectivity index (χ3n) is 5.31. The van der Waals surface area contributed by atoms with Crippen LogP contribution in [0.25, 0.3) is 10.2 Å². The zero-order valence-corrected chi connectivity index (χ0v) is 20.1. The number of nitrogens with one attached hydrogen (secondary N) is 2. The first-order chi connectivity index (χ1) is 14.8. The van der Waals surface area contributed by atoms with Crippen LogP contribution < -0.4 is 15.3 Å². The molecule has 0 aliphatic carbocycles. The number of halogens is 1. The highest BCUT2D eigenvalue weighted by Gasteiger charge is 2.39. The van der Waals surface area contributed by atoms with Crippen molar-refractivity contribution in [2.24, 2.45) is 5.14 Å². The maximum atomic E-state index is 12.4. The highest BCUT2D eigenvalue weighted by molar-refractivity contribution is 7.90. The highest BCUT2D eigenvalue weighted by atomic mass is 35.5. The van der Waals surface area contributed by atoms with Crippen LogP contribution in [0.15, 0.2) is 47.3 Å². The fourth-order valence-corrected chi connectivity index (χ4v) is 5.28. The number of H-pyrrole nitrogens is 1. The van der Waals surface area contributed by atoms with Crippen molar-refractivity contribution >= 4 is 44.0 Å². The molecule has 5 N–H and O–H groups in total. The van der Waals surface area contributed by atoms with Gasteiger partial charge in [0.1, 0.15) is 11.3 Å². The predicted octanol–water partition coefficient (Wildman–Crippen LogP) is 2.50. The second-order valence-corrected chi connectivity index (χ2v) is 10.2. The van der Waals surface area contributed by atoms with Gasteiger partial charge in [-0.2, -0.15) is 0 Å². The summed E-state index contributed by atoms with van der Waals surface area (Å²) in [6.45, 7) is 2.35. The van der Waals surface area contributed by atoms with E-state index in [1.165, 1.54) is 6.07 Å². The summed E-state index contributed by atoms with van der Waals surface area (Å²) in [7, 11) is -3.95. The van der Waals surface area contributed by atoms with Crippen LogP contribution >= 0.6 is 23.7 Å². The van der Waals surface area contributed by atoms with E-state index in [4.69, 9.17) is 9.88 Å². The molecule has 32 heavy (non-hydrogen) atoms. The number of thiazole rings is 1. The number of hydrogen-bond donors (Lipinski definition) is 4. The molecule has 0 aliphatic heterocycles. The van der Waals surface area contributed by atoms with Crippen LogP contribution in [0.5, 0.6) is 5.75 Å². The second kappa shape index (κ2) is 11.3. The summed E-state index contributed by atoms with van der Waals surface area (Å²) >= 11 is 1.01. The van der Waals surface area contributed by atoms with Crippen LogP contribution in [0.4, 0.5) is 0 Å². The van der Waals surface area contributed by atoms with Crippen molar-refractivity contribution in [3.63, 3.8) is 0 Å². The van der Waals surface area contributed by atoms with Crippen LogP contribution in [0.1, 0.15) is 24.5 Å². The number of nitrogens with two attached hydrogens (primary N) is 1. The first-order valence-corrected chi connectivity index (χ1v) is 12.3. The number of sulfonamides is 1. The smallest absolute Gasteiger partial charge is 0.305 e. The summed E-state index contributed by atoms with van der Waals surface area (Å²) in [6.07, 6.45) is 1.36. The van der Waals surface area contributed by atoms with Crippen LogP contribution in [0, 0.1) is 0 Å². The zero-order valence-electron chi connectivity index (χ0n) is 17.7. The van der Waals surface area contributed by atoms with Gasteiger partial charge in [-0.3, -0.25) is 10.1 Å². The Bertz CT molecular complexity index is 1180. The lowest BCUT2D eigenvalue weighted by Gasteiger charge is -2.31. The Labute approximate surface area is 197 Å². The minimum absolute atomic E-state index is 0. The van der Waals surface area contributed by atoms with Crippen molar-refractivity contribution in [3.8, 4) is 5.75 Å². The molecule has 3 aromatic rings. The third kappa shape index (κ3) is 6.09. The molecule has 1 atom stereocenters. The van der Waals surface area contributed by atoms with Crippen molar-refractivity contribution in [1.29, 1.82) is 0 Å². The summed E-state index contributed by atoms with van der Waals surface area (Å²) in [5, 5.41) is 18.6. The monoisotopic (exact) mass is 501 g/mol. The second-order valence-electron chi connectivity index (χ2n) is 7.32. The first kappa shape index (κ1) is 26.3. The molecule has 0 saturated carbocycles. The van der Waals surface area contributed by atoms with Gasteiger partial charge in [0.25, 0.3) is 0 Å². The van der Waals surface area contributed by atoms with Gasteiger partial charge in [0.05, 0.1) is 17.9 Å². The number of aromatic hydroxyl groups is 1. The minimum atomic E-state index is -3.95. The lowest BCUT2D eigenvalue weighted by molar-refractivity contribution is 0.0984. The third-order valence-corrected chi connectivity index (χ3v) is 7.91. The number of fused-ring (bicyclic) bond motifs is 1. The molecule has 1 heterocycles. The summed E-state index contributed by atoms with van der Waals surface area (Å²) in [6, 6.07) is 13.0. The average molecular weight is 502 g/mol. The minimum Gasteiger partial charge on any atom is -0.506 e. The lowest BCUT2D eigenvalue weighted by atomic mass is 10.1. The standard InChI is InChI=1S/C21H27N3O5S2.ClH/c1-2-21(31(22,27)28,14-29-13-11-15-6-4-3-5-7-15)23-12-10-16-8-9-17(25)18-19(16)30-20(26)24-18;/h3-9,23,25H,2,10-14H2,1H3,(H,24,26)(H2,22,27,28);1H. The Morgan fingerprint density at radius 1 is 1.19 bits per heavy atom. The maximum absolute atomic E-state index is 12.4. The van der Waals surface area contributed by atoms with Crippen LogP contribution in [0.2, 0.25) is 0 Å². The fraction of sp³-hybridized carbons (Fsp3) is 0.381. The molecule has 0 radical (unpaired) electrons. The van der Waals surface area contributed by atoms with Gasteiger partial charge >= 0.3 is 4.87 Å². The van der Waals surface area contributed by atoms with Crippen LogP contribution in [-0.2, 0) is 27.6 Å². The van der Waals surface area contributed by atoms with Gasteiger partial charge in [-0.05, 0) is 36.5 Å². The Hall–Kier alpha value is -1.95. The SMILES string of the molecule is CCC(COCCc1ccccc1)(NCCc1ccc(O)c2[nH]c(=O)sc12)S(N)(=O)=O.Cl. The van der Waals surface area contributed by atoms with E-state index in [1.54, 1.807) is 13.0 Å². The molecule has 1 aromatic heterocycles. The quantitative estimate of drug-likeness (QED) is 0.298. The number of aromatic nitrogens is 1. The van der Waals surface area contributed by atoms with Gasteiger partial charge in [0.2, 0.25) is 10.0 Å². The topological polar surface area (TPSA) is 135 Å². The maximum Gasteiger partial charge on any atom is 0.305 e. The molecule has 8 nitrogen and oxygen atoms in total. The summed E-state index contributed by atoms with van der Waals surface area (Å²) in [5.41, 5.74) is 2.33. The number of ether oxygens (including phenoxy) is 1. The van der Waals surface area contributed by atoms with Crippen molar-refractivity contribution < 1.29 is 18.3 Å². The fourth-order valence-electron chi connectivity index (χ4n) is 3.43. The van der Waals surface area contributed by atoms with E-state index < -0.39 is 14.9 Å². The molecule has 0 saturated heterocycles. The molecule has 0 spiro atoms. The van der Waals surface area contributed by atoms with E-state index in [-0.39, 0.29) is 36.1 Å². The van der Waals surface area contributed by atoms with Crippen molar-refractivity contribution in [1.82, 2.24) is 10.3 Å². The van der Waals surface area contributed by atoms with Gasteiger partial charge in [0, 0.05) is 6.54 Å². The van der Waals surface area contributed by atoms with Gasteiger partial charge < -0.3 is 14.8 Å². The number of primary sulfonamides is 1. The molecule has 2 aromatic carbocycles. The molecule has 1 unspecified atom stereocenters. The van der Waals surface area contributed by atoms with E-state index >= 15 is 0 Å². The molecule has 0 bridgehead atoms. The Morgan fingerprint density at radius 2 is 1.91 bits per heavy atom. The average Bonchev–Trinajstić information content (AvgIpc) is 3.14. The van der Waals surface area contributed by atoms with E-state index in [0.29, 0.717) is 36.2 Å². The highest BCUT2D eigenvalue weighted by Crippen LogP contribution is 2.28. The largest absolute Gasteiger partial charge is 0.506 e. The number of phenols is 1.